The van der Waals surface area contributed by atoms with Crippen LogP contribution in [0.5, 0.6) is 0 Å². The first-order valence-corrected chi connectivity index (χ1v) is 8.58. The molecule has 1 aromatic carbocycles. The lowest BCUT2D eigenvalue weighted by molar-refractivity contribution is -0.904. The molecule has 0 aromatic heterocycles. The van der Waals surface area contributed by atoms with Gasteiger partial charge in [-0.1, -0.05) is 15.9 Å². The molecule has 1 aromatic rings. The molecule has 0 aliphatic carbocycles. The lowest BCUT2D eigenvalue weighted by Gasteiger charge is -2.23. The van der Waals surface area contributed by atoms with Crippen molar-refractivity contribution in [3.05, 3.63) is 28.7 Å². The normalized spacial score (nSPS) is 15.8. The topological polar surface area (TPSA) is 28.5 Å². The Morgan fingerprint density at radius 3 is 2.55 bits per heavy atom. The molecule has 0 radical (unpaired) electrons. The van der Waals surface area contributed by atoms with Crippen molar-refractivity contribution in [2.45, 2.75) is 25.7 Å². The van der Waals surface area contributed by atoms with Crippen LogP contribution in [-0.4, -0.2) is 31.3 Å². The Morgan fingerprint density at radius 2 is 1.85 bits per heavy atom. The van der Waals surface area contributed by atoms with E-state index in [9.17, 15) is 0 Å². The summed E-state index contributed by atoms with van der Waals surface area (Å²) in [6.45, 7) is 4.91. The zero-order chi connectivity index (χ0) is 14.2. The van der Waals surface area contributed by atoms with Crippen molar-refractivity contribution in [3.63, 3.8) is 0 Å². The van der Waals surface area contributed by atoms with Gasteiger partial charge in [-0.3, -0.25) is 0 Å². The van der Waals surface area contributed by atoms with Crippen molar-refractivity contribution >= 4 is 38.9 Å². The first-order valence-electron chi connectivity index (χ1n) is 7.38. The molecule has 0 spiro atoms. The number of rotatable bonds is 5. The lowest BCUT2D eigenvalue weighted by Crippen LogP contribution is -3.12. The molecule has 20 heavy (non-hydrogen) atoms. The van der Waals surface area contributed by atoms with Crippen molar-refractivity contribution in [2.24, 2.45) is 0 Å². The molecular formula is C15H23BrN3S+. The average Bonchev–Trinajstić information content (AvgIpc) is 2.47. The fraction of sp³-hybridized carbons (Fsp3) is 0.533. The number of benzene rings is 1. The van der Waals surface area contributed by atoms with Crippen LogP contribution in [-0.2, 0) is 0 Å². The number of likely N-dealkylation sites (tertiary alicyclic amines) is 1. The quantitative estimate of drug-likeness (QED) is 0.557. The van der Waals surface area contributed by atoms with Gasteiger partial charge in [-0.05, 0) is 55.7 Å². The third-order valence-electron chi connectivity index (χ3n) is 3.66. The Balaban J connectivity index is 1.59. The first kappa shape index (κ1) is 15.7. The second kappa shape index (κ2) is 8.60. The van der Waals surface area contributed by atoms with E-state index in [-0.39, 0.29) is 0 Å². The Hall–Kier alpha value is -0.650. The summed E-state index contributed by atoms with van der Waals surface area (Å²) in [7, 11) is 0. The Morgan fingerprint density at radius 1 is 1.15 bits per heavy atom. The monoisotopic (exact) mass is 356 g/mol. The summed E-state index contributed by atoms with van der Waals surface area (Å²) in [4.78, 5) is 1.75. The minimum atomic E-state index is 0.709. The van der Waals surface area contributed by atoms with Crippen molar-refractivity contribution in [1.82, 2.24) is 5.32 Å². The molecule has 0 bridgehead atoms. The van der Waals surface area contributed by atoms with E-state index in [1.54, 1.807) is 4.90 Å². The molecule has 3 nitrogen and oxygen atoms in total. The van der Waals surface area contributed by atoms with E-state index in [0.717, 1.165) is 16.7 Å². The molecular weight excluding hydrogens is 334 g/mol. The second-order valence-corrected chi connectivity index (χ2v) is 6.63. The van der Waals surface area contributed by atoms with E-state index >= 15 is 0 Å². The number of nitrogens with one attached hydrogen (secondary N) is 3. The first-order chi connectivity index (χ1) is 9.74. The number of hydrogen-bond acceptors (Lipinski definition) is 1. The van der Waals surface area contributed by atoms with E-state index in [0.29, 0.717) is 5.11 Å². The third kappa shape index (κ3) is 5.77. The Bertz CT molecular complexity index is 416. The van der Waals surface area contributed by atoms with Crippen LogP contribution in [0.4, 0.5) is 5.69 Å². The van der Waals surface area contributed by atoms with Crippen LogP contribution in [0.1, 0.15) is 25.7 Å². The SMILES string of the molecule is S=C(NCCC[NH+]1CCCCC1)Nc1ccc(Br)cc1. The number of halogens is 1. The van der Waals surface area contributed by atoms with Gasteiger partial charge in [0.05, 0.1) is 19.6 Å². The molecule has 0 saturated carbocycles. The number of quaternary nitrogens is 1. The molecule has 1 aliphatic rings. The van der Waals surface area contributed by atoms with Crippen LogP contribution in [0.3, 0.4) is 0 Å². The van der Waals surface area contributed by atoms with Gasteiger partial charge < -0.3 is 15.5 Å². The van der Waals surface area contributed by atoms with Gasteiger partial charge in [0.15, 0.2) is 5.11 Å². The highest BCUT2D eigenvalue weighted by molar-refractivity contribution is 9.10. The standard InChI is InChI=1S/C15H22BrN3S/c16-13-5-7-14(8-6-13)18-15(20)17-9-4-12-19-10-2-1-3-11-19/h5-8H,1-4,9-12H2,(H2,17,18,20)/p+1. The smallest absolute Gasteiger partial charge is 0.170 e. The molecule has 1 saturated heterocycles. The second-order valence-electron chi connectivity index (χ2n) is 5.30. The van der Waals surface area contributed by atoms with Crippen LogP contribution in [0.15, 0.2) is 28.7 Å². The molecule has 1 aliphatic heterocycles. The summed E-state index contributed by atoms with van der Waals surface area (Å²) < 4.78 is 1.08. The predicted molar refractivity (Wildman–Crippen MR) is 92.4 cm³/mol. The van der Waals surface area contributed by atoms with Crippen LogP contribution >= 0.6 is 28.1 Å². The number of hydrogen-bond donors (Lipinski definition) is 3. The largest absolute Gasteiger partial charge is 0.362 e. The van der Waals surface area contributed by atoms with Crippen LogP contribution in [0, 0.1) is 0 Å². The summed E-state index contributed by atoms with van der Waals surface area (Å²) in [5, 5.41) is 7.19. The molecule has 1 heterocycles. The molecule has 0 atom stereocenters. The van der Waals surface area contributed by atoms with Gasteiger partial charge in [0.25, 0.3) is 0 Å². The minimum Gasteiger partial charge on any atom is -0.362 e. The summed E-state index contributed by atoms with van der Waals surface area (Å²) in [5.74, 6) is 0. The summed E-state index contributed by atoms with van der Waals surface area (Å²) in [5.41, 5.74) is 1.02. The minimum absolute atomic E-state index is 0.709. The maximum absolute atomic E-state index is 5.30. The van der Waals surface area contributed by atoms with Crippen LogP contribution < -0.4 is 15.5 Å². The van der Waals surface area contributed by atoms with Crippen molar-refractivity contribution in [1.29, 1.82) is 0 Å². The molecule has 0 amide bonds. The van der Waals surface area contributed by atoms with Gasteiger partial charge in [0, 0.05) is 23.1 Å². The molecule has 110 valence electrons. The van der Waals surface area contributed by atoms with E-state index in [1.807, 2.05) is 24.3 Å². The molecule has 5 heteroatoms. The van der Waals surface area contributed by atoms with E-state index in [4.69, 9.17) is 12.2 Å². The molecule has 2 rings (SSSR count). The van der Waals surface area contributed by atoms with E-state index in [2.05, 4.69) is 26.6 Å². The van der Waals surface area contributed by atoms with Gasteiger partial charge in [-0.2, -0.15) is 0 Å². The highest BCUT2D eigenvalue weighted by atomic mass is 79.9. The number of piperidine rings is 1. The van der Waals surface area contributed by atoms with Gasteiger partial charge in [-0.25, -0.2) is 0 Å². The maximum Gasteiger partial charge on any atom is 0.170 e. The zero-order valence-electron chi connectivity index (χ0n) is 11.8. The summed E-state index contributed by atoms with van der Waals surface area (Å²) in [6, 6.07) is 8.03. The van der Waals surface area contributed by atoms with Crippen molar-refractivity contribution in [3.8, 4) is 0 Å². The Kier molecular flexibility index (Phi) is 6.76. The number of thiocarbonyl (C=S) groups is 1. The van der Waals surface area contributed by atoms with Crippen molar-refractivity contribution in [2.75, 3.05) is 31.5 Å². The molecule has 3 N–H and O–H groups in total. The Labute approximate surface area is 135 Å². The third-order valence-corrected chi connectivity index (χ3v) is 4.43. The fourth-order valence-corrected chi connectivity index (χ4v) is 3.03. The van der Waals surface area contributed by atoms with Gasteiger partial charge >= 0.3 is 0 Å². The van der Waals surface area contributed by atoms with Crippen molar-refractivity contribution < 1.29 is 4.90 Å². The van der Waals surface area contributed by atoms with Crippen LogP contribution in [0.25, 0.3) is 0 Å². The van der Waals surface area contributed by atoms with Gasteiger partial charge in [0.1, 0.15) is 0 Å². The average molecular weight is 357 g/mol. The number of anilines is 1. The van der Waals surface area contributed by atoms with Gasteiger partial charge in [0.2, 0.25) is 0 Å². The van der Waals surface area contributed by atoms with E-state index in [1.165, 1.54) is 45.3 Å². The summed E-state index contributed by atoms with van der Waals surface area (Å²) in [6.07, 6.45) is 5.39. The van der Waals surface area contributed by atoms with Crippen LogP contribution in [0.2, 0.25) is 0 Å². The lowest BCUT2D eigenvalue weighted by atomic mass is 10.1. The zero-order valence-corrected chi connectivity index (χ0v) is 14.2. The maximum atomic E-state index is 5.30. The highest BCUT2D eigenvalue weighted by Crippen LogP contribution is 2.13. The van der Waals surface area contributed by atoms with E-state index < -0.39 is 0 Å². The fourth-order valence-electron chi connectivity index (χ4n) is 2.55. The molecule has 0 unspecified atom stereocenters. The summed E-state index contributed by atoms with van der Waals surface area (Å²) >= 11 is 8.72. The predicted octanol–water partition coefficient (Wildman–Crippen LogP) is 2.19. The highest BCUT2D eigenvalue weighted by Gasteiger charge is 2.12. The molecule has 1 fully saturated rings. The van der Waals surface area contributed by atoms with Gasteiger partial charge in [-0.15, -0.1) is 0 Å².